The summed E-state index contributed by atoms with van der Waals surface area (Å²) in [7, 11) is -1.78. The summed E-state index contributed by atoms with van der Waals surface area (Å²) in [5.41, 5.74) is 3.65. The number of hydrogen-bond donors (Lipinski definition) is 0. The van der Waals surface area contributed by atoms with Crippen molar-refractivity contribution in [3.8, 4) is 5.75 Å². The van der Waals surface area contributed by atoms with Crippen molar-refractivity contribution in [2.45, 2.75) is 43.5 Å². The van der Waals surface area contributed by atoms with Crippen LogP contribution in [-0.2, 0) is 16.4 Å². The van der Waals surface area contributed by atoms with Gasteiger partial charge in [-0.2, -0.15) is 4.31 Å². The molecule has 4 nitrogen and oxygen atoms in total. The van der Waals surface area contributed by atoms with E-state index in [9.17, 15) is 8.42 Å². The topological polar surface area (TPSA) is 46.6 Å². The van der Waals surface area contributed by atoms with Crippen LogP contribution in [0.15, 0.2) is 47.4 Å². The molecule has 2 aliphatic rings. The summed E-state index contributed by atoms with van der Waals surface area (Å²) in [6.45, 7) is 4.70. The highest BCUT2D eigenvalue weighted by Gasteiger charge is 2.44. The number of fused-ring (bicyclic) bond motifs is 4. The van der Waals surface area contributed by atoms with Gasteiger partial charge in [-0.05, 0) is 67.0 Å². The molecule has 3 atom stereocenters. The molecule has 0 aromatic heterocycles. The molecular weight excluding hydrogens is 346 g/mol. The fraction of sp³-hybridized carbons (Fsp3) is 0.429. The third-order valence-corrected chi connectivity index (χ3v) is 7.86. The predicted octanol–water partition coefficient (Wildman–Crippen LogP) is 3.74. The molecule has 138 valence electrons. The van der Waals surface area contributed by atoms with Crippen LogP contribution < -0.4 is 4.74 Å². The fourth-order valence-corrected chi connectivity index (χ4v) is 6.18. The minimum atomic E-state index is -3.47. The van der Waals surface area contributed by atoms with E-state index in [2.05, 4.69) is 19.1 Å². The predicted molar refractivity (Wildman–Crippen MR) is 102 cm³/mol. The lowest BCUT2D eigenvalue weighted by Crippen LogP contribution is -2.51. The normalized spacial score (nSPS) is 25.6. The van der Waals surface area contributed by atoms with Gasteiger partial charge in [-0.3, -0.25) is 0 Å². The van der Waals surface area contributed by atoms with Crippen LogP contribution in [0.5, 0.6) is 5.75 Å². The van der Waals surface area contributed by atoms with Crippen LogP contribution in [0.1, 0.15) is 36.0 Å². The number of sulfonamides is 1. The van der Waals surface area contributed by atoms with E-state index in [1.165, 1.54) is 11.1 Å². The zero-order chi connectivity index (χ0) is 18.5. The summed E-state index contributed by atoms with van der Waals surface area (Å²) >= 11 is 0. The molecule has 26 heavy (non-hydrogen) atoms. The Kier molecular flexibility index (Phi) is 4.32. The number of nitrogens with zero attached hydrogens (tertiary/aromatic N) is 1. The van der Waals surface area contributed by atoms with Crippen LogP contribution in [0, 0.1) is 12.8 Å². The second-order valence-corrected chi connectivity index (χ2v) is 9.52. The van der Waals surface area contributed by atoms with Gasteiger partial charge in [-0.15, -0.1) is 0 Å². The first-order valence-corrected chi connectivity index (χ1v) is 10.6. The summed E-state index contributed by atoms with van der Waals surface area (Å²) in [5.74, 6) is 1.55. The van der Waals surface area contributed by atoms with Gasteiger partial charge >= 0.3 is 0 Å². The van der Waals surface area contributed by atoms with Crippen LogP contribution in [0.3, 0.4) is 0 Å². The Morgan fingerprint density at radius 3 is 2.54 bits per heavy atom. The molecule has 0 amide bonds. The first kappa shape index (κ1) is 17.6. The Hall–Kier alpha value is -1.85. The van der Waals surface area contributed by atoms with E-state index in [4.69, 9.17) is 4.74 Å². The standard InChI is InChI=1S/C21H25NO3S/c1-14-4-8-19(9-5-14)26(23,24)22-13-15(2)20-11-17(22)10-16-6-7-18(25-3)12-21(16)20/h4-9,12,15,17,20H,10-11,13H2,1-3H3/t15-,17-,20+/m0/s1. The van der Waals surface area contributed by atoms with Gasteiger partial charge in [-0.1, -0.05) is 30.7 Å². The van der Waals surface area contributed by atoms with Crippen molar-refractivity contribution in [3.05, 3.63) is 59.2 Å². The van der Waals surface area contributed by atoms with E-state index in [-0.39, 0.29) is 12.0 Å². The lowest BCUT2D eigenvalue weighted by molar-refractivity contribution is 0.165. The van der Waals surface area contributed by atoms with Gasteiger partial charge in [0.2, 0.25) is 10.0 Å². The lowest BCUT2D eigenvalue weighted by atomic mass is 9.71. The van der Waals surface area contributed by atoms with E-state index < -0.39 is 10.0 Å². The molecule has 0 unspecified atom stereocenters. The molecule has 0 radical (unpaired) electrons. The van der Waals surface area contributed by atoms with E-state index in [1.54, 1.807) is 23.5 Å². The maximum absolute atomic E-state index is 13.3. The maximum Gasteiger partial charge on any atom is 0.243 e. The van der Waals surface area contributed by atoms with Gasteiger partial charge in [0, 0.05) is 12.6 Å². The second kappa shape index (κ2) is 6.39. The van der Waals surface area contributed by atoms with Crippen LogP contribution >= 0.6 is 0 Å². The van der Waals surface area contributed by atoms with Crippen molar-refractivity contribution < 1.29 is 13.2 Å². The van der Waals surface area contributed by atoms with Crippen LogP contribution in [0.2, 0.25) is 0 Å². The molecule has 1 aliphatic carbocycles. The molecule has 2 aromatic carbocycles. The average molecular weight is 372 g/mol. The highest BCUT2D eigenvalue weighted by Crippen LogP contribution is 2.45. The first-order valence-electron chi connectivity index (χ1n) is 9.15. The maximum atomic E-state index is 13.3. The number of aryl methyl sites for hydroxylation is 1. The summed E-state index contributed by atoms with van der Waals surface area (Å²) in [6, 6.07) is 13.4. The Bertz CT molecular complexity index is 921. The Morgan fingerprint density at radius 2 is 1.85 bits per heavy atom. The summed E-state index contributed by atoms with van der Waals surface area (Å²) in [5, 5.41) is 0. The SMILES string of the molecule is COc1ccc2c(c1)[C@@H]1C[C@H](C2)N(S(=O)(=O)c2ccc(C)cc2)C[C@@H]1C. The van der Waals surface area contributed by atoms with Crippen LogP contribution in [-0.4, -0.2) is 32.4 Å². The van der Waals surface area contributed by atoms with Crippen LogP contribution in [0.4, 0.5) is 0 Å². The van der Waals surface area contributed by atoms with Gasteiger partial charge in [0.05, 0.1) is 12.0 Å². The monoisotopic (exact) mass is 371 g/mol. The summed E-state index contributed by atoms with van der Waals surface area (Å²) in [4.78, 5) is 0.397. The van der Waals surface area contributed by atoms with Crippen molar-refractivity contribution in [1.29, 1.82) is 0 Å². The van der Waals surface area contributed by atoms with Gasteiger partial charge in [0.1, 0.15) is 5.75 Å². The van der Waals surface area contributed by atoms with Gasteiger partial charge < -0.3 is 4.74 Å². The van der Waals surface area contributed by atoms with Crippen molar-refractivity contribution in [3.63, 3.8) is 0 Å². The zero-order valence-corrected chi connectivity index (χ0v) is 16.3. The highest BCUT2D eigenvalue weighted by molar-refractivity contribution is 7.89. The second-order valence-electron chi connectivity index (χ2n) is 7.63. The van der Waals surface area contributed by atoms with Crippen LogP contribution in [0.25, 0.3) is 0 Å². The molecule has 0 saturated carbocycles. The number of ether oxygens (including phenoxy) is 1. The van der Waals surface area contributed by atoms with E-state index in [0.29, 0.717) is 17.4 Å². The number of benzene rings is 2. The smallest absolute Gasteiger partial charge is 0.243 e. The molecule has 1 saturated heterocycles. The Labute approximate surface area is 155 Å². The minimum absolute atomic E-state index is 0.0309. The van der Waals surface area contributed by atoms with Crippen molar-refractivity contribution in [2.24, 2.45) is 5.92 Å². The van der Waals surface area contributed by atoms with Gasteiger partial charge in [0.15, 0.2) is 0 Å². The molecule has 0 spiro atoms. The highest BCUT2D eigenvalue weighted by atomic mass is 32.2. The average Bonchev–Trinajstić information content (AvgIpc) is 2.64. The quantitative estimate of drug-likeness (QED) is 0.826. The van der Waals surface area contributed by atoms with Gasteiger partial charge in [-0.25, -0.2) is 8.42 Å². The summed E-state index contributed by atoms with van der Waals surface area (Å²) < 4.78 is 33.7. The first-order chi connectivity index (χ1) is 12.4. The number of rotatable bonds is 3. The van der Waals surface area contributed by atoms with Crippen molar-refractivity contribution in [2.75, 3.05) is 13.7 Å². The number of methoxy groups -OCH3 is 1. The minimum Gasteiger partial charge on any atom is -0.497 e. The van der Waals surface area contributed by atoms with Gasteiger partial charge in [0.25, 0.3) is 0 Å². The lowest BCUT2D eigenvalue weighted by Gasteiger charge is -2.46. The molecule has 1 aliphatic heterocycles. The van der Waals surface area contributed by atoms with E-state index >= 15 is 0 Å². The Morgan fingerprint density at radius 1 is 1.12 bits per heavy atom. The van der Waals surface area contributed by atoms with Crippen molar-refractivity contribution in [1.82, 2.24) is 4.31 Å². The third-order valence-electron chi connectivity index (χ3n) is 5.92. The van der Waals surface area contributed by atoms with Crippen molar-refractivity contribution >= 4 is 10.0 Å². The number of hydrogen-bond acceptors (Lipinski definition) is 3. The molecule has 5 heteroatoms. The molecule has 0 N–H and O–H groups in total. The summed E-state index contributed by atoms with van der Waals surface area (Å²) in [6.07, 6.45) is 1.65. The van der Waals surface area contributed by atoms with E-state index in [0.717, 1.165) is 24.2 Å². The molecular formula is C21H25NO3S. The molecule has 4 rings (SSSR count). The molecule has 2 aromatic rings. The van der Waals surface area contributed by atoms with E-state index in [1.807, 2.05) is 25.1 Å². The molecule has 2 bridgehead atoms. The zero-order valence-electron chi connectivity index (χ0n) is 15.5. The third kappa shape index (κ3) is 2.83. The molecule has 1 fully saturated rings. The Balaban J connectivity index is 1.70. The molecule has 1 heterocycles. The number of piperidine rings is 1. The largest absolute Gasteiger partial charge is 0.497 e. The fourth-order valence-electron chi connectivity index (χ4n) is 4.45.